The van der Waals surface area contributed by atoms with E-state index < -0.39 is 0 Å². The monoisotopic (exact) mass is 372 g/mol. The van der Waals surface area contributed by atoms with E-state index in [4.69, 9.17) is 17.0 Å². The van der Waals surface area contributed by atoms with E-state index in [-0.39, 0.29) is 24.5 Å². The maximum absolute atomic E-state index is 11.6. The Balaban J connectivity index is 1.94. The zero-order valence-corrected chi connectivity index (χ0v) is 16.1. The molecule has 0 radical (unpaired) electrons. The van der Waals surface area contributed by atoms with Gasteiger partial charge in [0.1, 0.15) is 0 Å². The molecular formula is C19H24N4O2S. The molecule has 0 spiro atoms. The number of nitrogens with zero attached hydrogens (tertiary/aromatic N) is 3. The summed E-state index contributed by atoms with van der Waals surface area (Å²) in [4.78, 5) is 18.2. The summed E-state index contributed by atoms with van der Waals surface area (Å²) in [6.45, 7) is 4.79. The Morgan fingerprint density at radius 2 is 2.19 bits per heavy atom. The lowest BCUT2D eigenvalue weighted by molar-refractivity contribution is -0.140. The van der Waals surface area contributed by atoms with Crippen molar-refractivity contribution >= 4 is 23.3 Å². The molecule has 2 atom stereocenters. The van der Waals surface area contributed by atoms with Gasteiger partial charge in [0, 0.05) is 31.2 Å². The highest BCUT2D eigenvalue weighted by molar-refractivity contribution is 7.80. The lowest BCUT2D eigenvalue weighted by Gasteiger charge is -2.27. The number of hydrogen-bond acceptors (Lipinski definition) is 4. The van der Waals surface area contributed by atoms with Crippen molar-refractivity contribution in [3.8, 4) is 0 Å². The molecule has 0 bridgehead atoms. The third-order valence-electron chi connectivity index (χ3n) is 4.66. The molecule has 2 aromatic rings. The van der Waals surface area contributed by atoms with Crippen molar-refractivity contribution in [1.82, 2.24) is 19.8 Å². The van der Waals surface area contributed by atoms with Crippen LogP contribution in [0.4, 0.5) is 0 Å². The van der Waals surface area contributed by atoms with Crippen molar-refractivity contribution in [2.75, 3.05) is 13.7 Å². The van der Waals surface area contributed by atoms with E-state index in [1.807, 2.05) is 18.2 Å². The molecule has 0 unspecified atom stereocenters. The minimum atomic E-state index is -0.243. The van der Waals surface area contributed by atoms with Crippen LogP contribution in [0.2, 0.25) is 0 Å². The number of thiocarbonyl (C=S) groups is 1. The SMILES string of the molecule is COC(=O)CCN1C(=S)N[C@@H](c2ccccn2)[C@@H]1c1ccn(C(C)C)c1. The van der Waals surface area contributed by atoms with Crippen LogP contribution >= 0.6 is 12.2 Å². The molecule has 0 amide bonds. The molecule has 138 valence electrons. The van der Waals surface area contributed by atoms with Crippen molar-refractivity contribution in [1.29, 1.82) is 0 Å². The summed E-state index contributed by atoms with van der Waals surface area (Å²) >= 11 is 5.57. The number of methoxy groups -OCH3 is 1. The van der Waals surface area contributed by atoms with Gasteiger partial charge in [-0.05, 0) is 49.8 Å². The molecule has 3 rings (SSSR count). The first-order valence-corrected chi connectivity index (χ1v) is 9.14. The summed E-state index contributed by atoms with van der Waals surface area (Å²) in [5.74, 6) is -0.243. The first-order valence-electron chi connectivity index (χ1n) is 8.73. The van der Waals surface area contributed by atoms with Crippen molar-refractivity contribution in [2.24, 2.45) is 0 Å². The minimum Gasteiger partial charge on any atom is -0.469 e. The van der Waals surface area contributed by atoms with Crippen LogP contribution in [0.3, 0.4) is 0 Å². The highest BCUT2D eigenvalue weighted by Gasteiger charge is 2.40. The van der Waals surface area contributed by atoms with Gasteiger partial charge in [-0.3, -0.25) is 9.78 Å². The second-order valence-corrected chi connectivity index (χ2v) is 7.02. The molecule has 1 N–H and O–H groups in total. The molecule has 6 nitrogen and oxygen atoms in total. The fourth-order valence-electron chi connectivity index (χ4n) is 3.25. The average Bonchev–Trinajstić information content (AvgIpc) is 3.25. The van der Waals surface area contributed by atoms with Crippen LogP contribution in [-0.2, 0) is 9.53 Å². The molecule has 1 aliphatic rings. The Hall–Kier alpha value is -2.41. The number of carbonyl (C=O) groups excluding carboxylic acids is 1. The Labute approximate surface area is 159 Å². The van der Waals surface area contributed by atoms with Gasteiger partial charge in [0.2, 0.25) is 0 Å². The number of pyridine rings is 1. The van der Waals surface area contributed by atoms with Gasteiger partial charge >= 0.3 is 5.97 Å². The van der Waals surface area contributed by atoms with Crippen molar-refractivity contribution in [3.63, 3.8) is 0 Å². The summed E-state index contributed by atoms with van der Waals surface area (Å²) in [5.41, 5.74) is 2.07. The number of ether oxygens (including phenoxy) is 1. The van der Waals surface area contributed by atoms with E-state index in [9.17, 15) is 4.79 Å². The van der Waals surface area contributed by atoms with Gasteiger partial charge in [-0.25, -0.2) is 0 Å². The van der Waals surface area contributed by atoms with Crippen LogP contribution in [-0.4, -0.2) is 39.2 Å². The van der Waals surface area contributed by atoms with E-state index in [1.165, 1.54) is 7.11 Å². The highest BCUT2D eigenvalue weighted by atomic mass is 32.1. The maximum atomic E-state index is 11.6. The lowest BCUT2D eigenvalue weighted by Crippen LogP contribution is -2.31. The molecular weight excluding hydrogens is 348 g/mol. The quantitative estimate of drug-likeness (QED) is 0.621. The third-order valence-corrected chi connectivity index (χ3v) is 5.01. The Bertz CT molecular complexity index is 775. The van der Waals surface area contributed by atoms with Gasteiger partial charge in [-0.1, -0.05) is 6.07 Å². The van der Waals surface area contributed by atoms with Crippen molar-refractivity contribution in [2.45, 2.75) is 38.4 Å². The van der Waals surface area contributed by atoms with E-state index >= 15 is 0 Å². The fourth-order valence-corrected chi connectivity index (χ4v) is 3.58. The topological polar surface area (TPSA) is 59.4 Å². The number of esters is 1. The van der Waals surface area contributed by atoms with Crippen LogP contribution in [0.15, 0.2) is 42.9 Å². The van der Waals surface area contributed by atoms with Crippen LogP contribution in [0.1, 0.15) is 49.7 Å². The van der Waals surface area contributed by atoms with Gasteiger partial charge in [-0.15, -0.1) is 0 Å². The van der Waals surface area contributed by atoms with E-state index in [0.29, 0.717) is 17.7 Å². The maximum Gasteiger partial charge on any atom is 0.307 e. The number of nitrogens with one attached hydrogen (secondary N) is 1. The number of rotatable bonds is 6. The Kier molecular flexibility index (Phi) is 5.56. The van der Waals surface area contributed by atoms with Gasteiger partial charge in [0.25, 0.3) is 0 Å². The van der Waals surface area contributed by atoms with Gasteiger partial charge < -0.3 is 19.5 Å². The molecule has 0 aliphatic carbocycles. The molecule has 7 heteroatoms. The zero-order valence-electron chi connectivity index (χ0n) is 15.3. The Morgan fingerprint density at radius 3 is 2.81 bits per heavy atom. The molecule has 3 heterocycles. The lowest BCUT2D eigenvalue weighted by atomic mass is 9.99. The third kappa shape index (κ3) is 3.72. The highest BCUT2D eigenvalue weighted by Crippen LogP contribution is 2.38. The predicted molar refractivity (Wildman–Crippen MR) is 104 cm³/mol. The van der Waals surface area contributed by atoms with Crippen molar-refractivity contribution in [3.05, 3.63) is 54.1 Å². The normalized spacial score (nSPS) is 19.7. The second-order valence-electron chi connectivity index (χ2n) is 6.63. The molecule has 0 aromatic carbocycles. The fraction of sp³-hybridized carbons (Fsp3) is 0.421. The Morgan fingerprint density at radius 1 is 1.38 bits per heavy atom. The number of hydrogen-bond donors (Lipinski definition) is 1. The summed E-state index contributed by atoms with van der Waals surface area (Å²) < 4.78 is 6.96. The molecule has 2 aromatic heterocycles. The van der Waals surface area contributed by atoms with E-state index in [1.54, 1.807) is 6.20 Å². The van der Waals surface area contributed by atoms with E-state index in [2.05, 4.69) is 52.1 Å². The van der Waals surface area contributed by atoms with Gasteiger partial charge in [0.05, 0.1) is 31.3 Å². The summed E-state index contributed by atoms with van der Waals surface area (Å²) in [6.07, 6.45) is 6.30. The van der Waals surface area contributed by atoms with Crippen LogP contribution in [0.5, 0.6) is 0 Å². The summed E-state index contributed by atoms with van der Waals surface area (Å²) in [7, 11) is 1.40. The molecule has 26 heavy (non-hydrogen) atoms. The molecule has 1 saturated heterocycles. The van der Waals surface area contributed by atoms with Crippen LogP contribution in [0.25, 0.3) is 0 Å². The van der Waals surface area contributed by atoms with Crippen LogP contribution < -0.4 is 5.32 Å². The van der Waals surface area contributed by atoms with E-state index in [0.717, 1.165) is 11.3 Å². The summed E-state index contributed by atoms with van der Waals surface area (Å²) in [5, 5.41) is 4.01. The molecule has 0 saturated carbocycles. The van der Waals surface area contributed by atoms with Gasteiger partial charge in [-0.2, -0.15) is 0 Å². The van der Waals surface area contributed by atoms with Crippen molar-refractivity contribution < 1.29 is 9.53 Å². The largest absolute Gasteiger partial charge is 0.469 e. The van der Waals surface area contributed by atoms with Gasteiger partial charge in [0.15, 0.2) is 5.11 Å². The predicted octanol–water partition coefficient (Wildman–Crippen LogP) is 3.00. The first-order chi connectivity index (χ1) is 12.5. The first kappa shape index (κ1) is 18.4. The second kappa shape index (κ2) is 7.86. The average molecular weight is 372 g/mol. The zero-order chi connectivity index (χ0) is 18.7. The number of carbonyl (C=O) groups is 1. The minimum absolute atomic E-state index is 0.0259. The smallest absolute Gasteiger partial charge is 0.307 e. The summed E-state index contributed by atoms with van der Waals surface area (Å²) in [6, 6.07) is 8.27. The number of aromatic nitrogens is 2. The van der Waals surface area contributed by atoms with Crippen LogP contribution in [0, 0.1) is 0 Å². The standard InChI is InChI=1S/C19H24N4O2S/c1-13(2)22-10-7-14(12-22)18-17(15-6-4-5-9-20-15)21-19(26)23(18)11-8-16(24)25-3/h4-7,9-10,12-13,17-18H,8,11H2,1-3H3,(H,21,26)/t17-,18-/m0/s1. The molecule has 1 fully saturated rings. The molecule has 1 aliphatic heterocycles.